The Balaban J connectivity index is 1.81. The van der Waals surface area contributed by atoms with Crippen LogP contribution in [0.25, 0.3) is 0 Å². The van der Waals surface area contributed by atoms with Gasteiger partial charge in [0, 0.05) is 6.07 Å². The normalized spacial score (nSPS) is 11.8. The van der Waals surface area contributed by atoms with Gasteiger partial charge in [0.1, 0.15) is 11.7 Å². The van der Waals surface area contributed by atoms with E-state index in [1.165, 1.54) is 0 Å². The zero-order valence-corrected chi connectivity index (χ0v) is 17.2. The van der Waals surface area contributed by atoms with Crippen LogP contribution in [-0.2, 0) is 14.3 Å². The van der Waals surface area contributed by atoms with Crippen LogP contribution in [0.2, 0.25) is 0 Å². The second-order valence-corrected chi connectivity index (χ2v) is 7.13. The van der Waals surface area contributed by atoms with Crippen LogP contribution in [0, 0.1) is 6.92 Å². The van der Waals surface area contributed by atoms with Gasteiger partial charge in [-0.1, -0.05) is 79.2 Å². The largest absolute Gasteiger partial charge is 0.452 e. The number of rotatable bonds is 9. The summed E-state index contributed by atoms with van der Waals surface area (Å²) in [5.74, 6) is -0.595. The summed E-state index contributed by atoms with van der Waals surface area (Å²) in [6, 6.07) is 20.5. The van der Waals surface area contributed by atoms with E-state index in [0.29, 0.717) is 18.0 Å². The van der Waals surface area contributed by atoms with E-state index in [1.54, 1.807) is 13.0 Å². The molecule has 0 aliphatic rings. The summed E-state index contributed by atoms with van der Waals surface area (Å²) in [6.07, 6.45) is 1.15. The van der Waals surface area contributed by atoms with Crippen LogP contribution in [0.3, 0.4) is 0 Å². The predicted molar refractivity (Wildman–Crippen MR) is 114 cm³/mol. The third-order valence-electron chi connectivity index (χ3n) is 4.75. The molecule has 6 nitrogen and oxygen atoms in total. The Labute approximate surface area is 176 Å². The highest BCUT2D eigenvalue weighted by atomic mass is 16.5. The van der Waals surface area contributed by atoms with E-state index in [1.807, 2.05) is 67.6 Å². The third-order valence-corrected chi connectivity index (χ3v) is 4.75. The first-order valence-electron chi connectivity index (χ1n) is 10.1. The first-order valence-corrected chi connectivity index (χ1v) is 10.1. The van der Waals surface area contributed by atoms with E-state index in [-0.39, 0.29) is 0 Å². The topological polar surface area (TPSA) is 81.4 Å². The van der Waals surface area contributed by atoms with E-state index < -0.39 is 23.9 Å². The first kappa shape index (κ1) is 21.3. The summed E-state index contributed by atoms with van der Waals surface area (Å²) in [7, 11) is 0. The molecule has 3 rings (SSSR count). The molecule has 0 aliphatic carbocycles. The van der Waals surface area contributed by atoms with Crippen LogP contribution in [0.15, 0.2) is 71.3 Å². The summed E-state index contributed by atoms with van der Waals surface area (Å²) in [5, 5.41) is 6.45. The number of hydrogen-bond acceptors (Lipinski definition) is 5. The van der Waals surface area contributed by atoms with E-state index in [9.17, 15) is 9.59 Å². The van der Waals surface area contributed by atoms with Crippen molar-refractivity contribution < 1.29 is 18.8 Å². The molecule has 0 aliphatic heterocycles. The molecule has 1 amide bonds. The zero-order valence-electron chi connectivity index (χ0n) is 17.2. The van der Waals surface area contributed by atoms with Crippen LogP contribution in [0.1, 0.15) is 49.0 Å². The highest BCUT2D eigenvalue weighted by molar-refractivity contribution is 5.95. The van der Waals surface area contributed by atoms with Crippen LogP contribution < -0.4 is 5.32 Å². The Morgan fingerprint density at radius 2 is 1.63 bits per heavy atom. The Bertz CT molecular complexity index is 914. The van der Waals surface area contributed by atoms with Gasteiger partial charge >= 0.3 is 5.97 Å². The number of esters is 1. The van der Waals surface area contributed by atoms with Gasteiger partial charge in [0.15, 0.2) is 11.9 Å². The molecule has 1 N–H and O–H groups in total. The Morgan fingerprint density at radius 1 is 1.03 bits per heavy atom. The van der Waals surface area contributed by atoms with Crippen molar-refractivity contribution in [3.05, 3.63) is 83.6 Å². The van der Waals surface area contributed by atoms with E-state index in [2.05, 4.69) is 10.5 Å². The lowest BCUT2D eigenvalue weighted by molar-refractivity contribution is -0.155. The highest BCUT2D eigenvalue weighted by Gasteiger charge is 2.30. The minimum absolute atomic E-state index is 0.303. The maximum absolute atomic E-state index is 13.2. The molecule has 0 saturated heterocycles. The van der Waals surface area contributed by atoms with Gasteiger partial charge in [0.25, 0.3) is 5.91 Å². The van der Waals surface area contributed by atoms with Crippen molar-refractivity contribution in [2.75, 3.05) is 5.32 Å². The third kappa shape index (κ3) is 5.56. The molecule has 0 spiro atoms. The number of nitrogens with zero attached hydrogens (tertiary/aromatic N) is 1. The fraction of sp³-hybridized carbons (Fsp3) is 0.292. The van der Waals surface area contributed by atoms with Gasteiger partial charge in [-0.05, 0) is 30.9 Å². The van der Waals surface area contributed by atoms with Crippen LogP contribution in [-0.4, -0.2) is 23.1 Å². The summed E-state index contributed by atoms with van der Waals surface area (Å²) in [5.41, 5.74) is 1.63. The summed E-state index contributed by atoms with van der Waals surface area (Å²) in [6.45, 7) is 3.76. The molecule has 0 radical (unpaired) electrons. The number of anilines is 1. The molecular formula is C24H26N2O4. The van der Waals surface area contributed by atoms with Crippen molar-refractivity contribution in [2.24, 2.45) is 0 Å². The van der Waals surface area contributed by atoms with Crippen molar-refractivity contribution in [1.82, 2.24) is 5.16 Å². The monoisotopic (exact) mass is 406 g/mol. The lowest BCUT2D eigenvalue weighted by Crippen LogP contribution is -2.34. The van der Waals surface area contributed by atoms with Crippen LogP contribution in [0.4, 0.5) is 5.82 Å². The second-order valence-electron chi connectivity index (χ2n) is 7.13. The number of ether oxygens (including phenoxy) is 1. The average molecular weight is 406 g/mol. The highest BCUT2D eigenvalue weighted by Crippen LogP contribution is 2.27. The molecule has 6 heteroatoms. The number of aromatic nitrogens is 1. The van der Waals surface area contributed by atoms with E-state index in [4.69, 9.17) is 9.26 Å². The van der Waals surface area contributed by atoms with E-state index >= 15 is 0 Å². The summed E-state index contributed by atoms with van der Waals surface area (Å²) >= 11 is 0. The Morgan fingerprint density at radius 3 is 2.13 bits per heavy atom. The molecule has 0 bridgehead atoms. The molecule has 2 aromatic carbocycles. The van der Waals surface area contributed by atoms with Gasteiger partial charge in [-0.25, -0.2) is 0 Å². The molecule has 156 valence electrons. The van der Waals surface area contributed by atoms with Gasteiger partial charge in [0.05, 0.1) is 0 Å². The Kier molecular flexibility index (Phi) is 7.38. The maximum Gasteiger partial charge on any atom is 0.318 e. The second kappa shape index (κ2) is 10.4. The number of amides is 1. The fourth-order valence-corrected chi connectivity index (χ4v) is 3.23. The molecule has 1 aromatic heterocycles. The Hall–Kier alpha value is -3.41. The van der Waals surface area contributed by atoms with Gasteiger partial charge in [0.2, 0.25) is 0 Å². The summed E-state index contributed by atoms with van der Waals surface area (Å²) in [4.78, 5) is 26.0. The first-order chi connectivity index (χ1) is 14.6. The number of nitrogens with one attached hydrogen (secondary N) is 1. The molecular weight excluding hydrogens is 380 g/mol. The molecule has 3 aromatic rings. The number of hydrogen-bond donors (Lipinski definition) is 1. The fourth-order valence-electron chi connectivity index (χ4n) is 3.23. The lowest BCUT2D eigenvalue weighted by atomic mass is 9.91. The van der Waals surface area contributed by atoms with E-state index in [0.717, 1.165) is 24.0 Å². The number of carbonyl (C=O) groups is 2. The van der Waals surface area contributed by atoms with Crippen molar-refractivity contribution in [1.29, 1.82) is 0 Å². The minimum atomic E-state index is -0.913. The van der Waals surface area contributed by atoms with Gasteiger partial charge in [-0.2, -0.15) is 0 Å². The quantitative estimate of drug-likeness (QED) is 0.514. The van der Waals surface area contributed by atoms with Gasteiger partial charge in [-0.15, -0.1) is 0 Å². The van der Waals surface area contributed by atoms with Crippen molar-refractivity contribution >= 4 is 17.7 Å². The predicted octanol–water partition coefficient (Wildman–Crippen LogP) is 4.86. The number of benzene rings is 2. The van der Waals surface area contributed by atoms with Crippen LogP contribution in [0.5, 0.6) is 0 Å². The minimum Gasteiger partial charge on any atom is -0.452 e. The molecule has 30 heavy (non-hydrogen) atoms. The molecule has 1 atom stereocenters. The number of unbranched alkanes of at least 4 members (excludes halogenated alkanes) is 1. The van der Waals surface area contributed by atoms with Gasteiger partial charge in [-0.3, -0.25) is 9.59 Å². The summed E-state index contributed by atoms with van der Waals surface area (Å²) < 4.78 is 10.7. The molecule has 1 heterocycles. The van der Waals surface area contributed by atoms with Crippen molar-refractivity contribution in [3.63, 3.8) is 0 Å². The maximum atomic E-state index is 13.2. The average Bonchev–Trinajstić information content (AvgIpc) is 3.17. The standard InChI is InChI=1S/C24H26N2O4/c1-3-4-15-20(23(27)25-21-16-17(2)30-26-21)29-24(28)22(18-11-7-5-8-12-18)19-13-9-6-10-14-19/h5-14,16,20,22H,3-4,15H2,1-2H3,(H,25,26,27)/t20-/m1/s1. The number of carbonyl (C=O) groups excluding carboxylic acids is 2. The van der Waals surface area contributed by atoms with Crippen LogP contribution >= 0.6 is 0 Å². The molecule has 0 unspecified atom stereocenters. The smallest absolute Gasteiger partial charge is 0.318 e. The molecule has 0 fully saturated rings. The zero-order chi connectivity index (χ0) is 21.3. The van der Waals surface area contributed by atoms with Crippen molar-refractivity contribution in [2.45, 2.75) is 45.1 Å². The molecule has 0 saturated carbocycles. The number of aryl methyl sites for hydroxylation is 1. The van der Waals surface area contributed by atoms with Crippen molar-refractivity contribution in [3.8, 4) is 0 Å². The SMILES string of the molecule is CCCC[C@@H](OC(=O)C(c1ccccc1)c1ccccc1)C(=O)Nc1cc(C)on1. The van der Waals surface area contributed by atoms with Gasteiger partial charge < -0.3 is 14.6 Å². The lowest BCUT2D eigenvalue weighted by Gasteiger charge is -2.22.